The average molecular weight is 413 g/mol. The topological polar surface area (TPSA) is 29.5 Å². The summed E-state index contributed by atoms with van der Waals surface area (Å²) in [4.78, 5) is 14.8. The van der Waals surface area contributed by atoms with Gasteiger partial charge >= 0.3 is 5.97 Å². The first-order valence-electron chi connectivity index (χ1n) is 8.14. The Kier molecular flexibility index (Phi) is 4.78. The lowest BCUT2D eigenvalue weighted by Gasteiger charge is -2.41. The van der Waals surface area contributed by atoms with Gasteiger partial charge in [-0.15, -0.1) is 0 Å². The van der Waals surface area contributed by atoms with Crippen molar-refractivity contribution >= 4 is 28.6 Å². The fourth-order valence-electron chi connectivity index (χ4n) is 4.35. The van der Waals surface area contributed by atoms with Crippen molar-refractivity contribution in [3.8, 4) is 0 Å². The number of rotatable bonds is 3. The minimum atomic E-state index is -0.0447. The van der Waals surface area contributed by atoms with Gasteiger partial charge in [-0.3, -0.25) is 9.69 Å². The Labute approximate surface area is 146 Å². The number of hydrogen-bond acceptors (Lipinski definition) is 3. The molecule has 1 aromatic carbocycles. The van der Waals surface area contributed by atoms with Crippen LogP contribution >= 0.6 is 22.6 Å². The molecule has 2 aliphatic heterocycles. The van der Waals surface area contributed by atoms with Crippen LogP contribution in [0.5, 0.6) is 0 Å². The Hall–Kier alpha value is -0.620. The van der Waals surface area contributed by atoms with Crippen LogP contribution in [0.2, 0.25) is 0 Å². The zero-order valence-electron chi connectivity index (χ0n) is 13.5. The lowest BCUT2D eigenvalue weighted by atomic mass is 9.76. The summed E-state index contributed by atoms with van der Waals surface area (Å²) < 4.78 is 6.46. The molecule has 3 nitrogen and oxygen atoms in total. The van der Waals surface area contributed by atoms with E-state index in [9.17, 15) is 4.79 Å². The molecule has 0 aliphatic carbocycles. The van der Waals surface area contributed by atoms with E-state index in [1.54, 1.807) is 0 Å². The Morgan fingerprint density at radius 3 is 2.82 bits per heavy atom. The summed E-state index contributed by atoms with van der Waals surface area (Å²) in [6.45, 7) is 2.18. The van der Waals surface area contributed by atoms with Crippen LogP contribution in [0.1, 0.15) is 43.2 Å². The van der Waals surface area contributed by atoms with Gasteiger partial charge in [0.05, 0.1) is 13.0 Å². The molecule has 0 aromatic heterocycles. The molecular formula is C18H24INO2. The third-order valence-corrected chi connectivity index (χ3v) is 6.63. The SMILES string of the molecule is CCc1ccc([C@H]2CC3CCC(C2C(=O)OC)N3C)cc1I. The maximum Gasteiger partial charge on any atom is 0.310 e. The van der Waals surface area contributed by atoms with Gasteiger partial charge in [0.25, 0.3) is 0 Å². The largest absolute Gasteiger partial charge is 0.469 e. The number of esters is 1. The first-order valence-corrected chi connectivity index (χ1v) is 9.22. The third-order valence-electron chi connectivity index (χ3n) is 5.63. The van der Waals surface area contributed by atoms with E-state index in [2.05, 4.69) is 59.7 Å². The number of ether oxygens (including phenoxy) is 1. The molecule has 4 heteroatoms. The number of carbonyl (C=O) groups excluding carboxylic acids is 1. The number of piperidine rings is 1. The molecule has 2 saturated heterocycles. The second kappa shape index (κ2) is 6.48. The van der Waals surface area contributed by atoms with Crippen LogP contribution in [-0.2, 0) is 16.0 Å². The quantitative estimate of drug-likeness (QED) is 0.561. The molecule has 2 bridgehead atoms. The molecule has 0 saturated carbocycles. The molecule has 4 atom stereocenters. The van der Waals surface area contributed by atoms with Gasteiger partial charge in [0.15, 0.2) is 0 Å². The first-order chi connectivity index (χ1) is 10.6. The van der Waals surface area contributed by atoms with Crippen LogP contribution in [0.15, 0.2) is 18.2 Å². The van der Waals surface area contributed by atoms with Gasteiger partial charge in [0, 0.05) is 21.6 Å². The highest BCUT2D eigenvalue weighted by Gasteiger charge is 2.49. The van der Waals surface area contributed by atoms with E-state index in [0.29, 0.717) is 18.0 Å². The Morgan fingerprint density at radius 2 is 2.18 bits per heavy atom. The smallest absolute Gasteiger partial charge is 0.310 e. The van der Waals surface area contributed by atoms with Crippen LogP contribution in [0.4, 0.5) is 0 Å². The maximum atomic E-state index is 12.4. The first kappa shape index (κ1) is 16.2. The Morgan fingerprint density at radius 1 is 1.41 bits per heavy atom. The van der Waals surface area contributed by atoms with Gasteiger partial charge in [0.1, 0.15) is 0 Å². The van der Waals surface area contributed by atoms with Gasteiger partial charge < -0.3 is 4.74 Å². The molecule has 2 aliphatic rings. The van der Waals surface area contributed by atoms with E-state index >= 15 is 0 Å². The molecule has 3 unspecified atom stereocenters. The average Bonchev–Trinajstić information content (AvgIpc) is 2.76. The zero-order valence-corrected chi connectivity index (χ0v) is 15.7. The highest BCUT2D eigenvalue weighted by molar-refractivity contribution is 14.1. The van der Waals surface area contributed by atoms with Gasteiger partial charge in [0.2, 0.25) is 0 Å². The number of carbonyl (C=O) groups is 1. The predicted octanol–water partition coefficient (Wildman–Crippen LogP) is 3.59. The van der Waals surface area contributed by atoms with Gasteiger partial charge in [-0.2, -0.15) is 0 Å². The molecule has 1 aromatic rings. The van der Waals surface area contributed by atoms with E-state index in [1.165, 1.54) is 28.2 Å². The lowest BCUT2D eigenvalue weighted by molar-refractivity contribution is -0.150. The number of aryl methyl sites for hydroxylation is 1. The van der Waals surface area contributed by atoms with Gasteiger partial charge in [-0.25, -0.2) is 0 Å². The summed E-state index contributed by atoms with van der Waals surface area (Å²) in [6, 6.07) is 7.68. The van der Waals surface area contributed by atoms with Crippen LogP contribution in [-0.4, -0.2) is 37.1 Å². The normalized spacial score (nSPS) is 31.3. The summed E-state index contributed by atoms with van der Waals surface area (Å²) in [5, 5.41) is 0. The second-order valence-electron chi connectivity index (χ2n) is 6.56. The highest BCUT2D eigenvalue weighted by atomic mass is 127. The zero-order chi connectivity index (χ0) is 15.9. The van der Waals surface area contributed by atoms with Crippen molar-refractivity contribution in [1.82, 2.24) is 4.90 Å². The molecule has 2 heterocycles. The van der Waals surface area contributed by atoms with Crippen LogP contribution < -0.4 is 0 Å². The standard InChI is InChI=1S/C18H24INO2/c1-4-11-5-6-12(9-15(11)19)14-10-13-7-8-16(20(13)2)17(14)18(21)22-3/h5-6,9,13-14,16-17H,4,7-8,10H2,1-3H3/t13?,14-,16?,17?/m1/s1. The molecule has 0 N–H and O–H groups in total. The van der Waals surface area contributed by atoms with Crippen molar-refractivity contribution in [3.05, 3.63) is 32.9 Å². The van der Waals surface area contributed by atoms with Crippen molar-refractivity contribution in [2.75, 3.05) is 14.2 Å². The van der Waals surface area contributed by atoms with Crippen LogP contribution in [0.25, 0.3) is 0 Å². The second-order valence-corrected chi connectivity index (χ2v) is 7.72. The molecule has 120 valence electrons. The molecule has 0 amide bonds. The summed E-state index contributed by atoms with van der Waals surface area (Å²) in [7, 11) is 3.68. The van der Waals surface area contributed by atoms with Crippen molar-refractivity contribution in [3.63, 3.8) is 0 Å². The third kappa shape index (κ3) is 2.68. The Balaban J connectivity index is 1.97. The number of hydrogen-bond donors (Lipinski definition) is 0. The fraction of sp³-hybridized carbons (Fsp3) is 0.611. The minimum Gasteiger partial charge on any atom is -0.469 e. The monoisotopic (exact) mass is 413 g/mol. The molecule has 0 radical (unpaired) electrons. The van der Waals surface area contributed by atoms with E-state index in [-0.39, 0.29) is 11.9 Å². The molecule has 22 heavy (non-hydrogen) atoms. The number of methoxy groups -OCH3 is 1. The highest BCUT2D eigenvalue weighted by Crippen LogP contribution is 2.46. The number of nitrogens with zero attached hydrogens (tertiary/aromatic N) is 1. The van der Waals surface area contributed by atoms with Gasteiger partial charge in [-0.1, -0.05) is 19.1 Å². The number of halogens is 1. The summed E-state index contributed by atoms with van der Waals surface area (Å²) in [6.07, 6.45) is 4.43. The summed E-state index contributed by atoms with van der Waals surface area (Å²) in [5.74, 6) is 0.217. The fourth-order valence-corrected chi connectivity index (χ4v) is 5.27. The Bertz CT molecular complexity index is 574. The molecular weight excluding hydrogens is 389 g/mol. The van der Waals surface area contributed by atoms with E-state index in [0.717, 1.165) is 19.3 Å². The summed E-state index contributed by atoms with van der Waals surface area (Å²) in [5.41, 5.74) is 2.69. The van der Waals surface area contributed by atoms with Crippen molar-refractivity contribution in [2.24, 2.45) is 5.92 Å². The van der Waals surface area contributed by atoms with E-state index in [4.69, 9.17) is 4.74 Å². The molecule has 0 spiro atoms. The lowest BCUT2D eigenvalue weighted by Crippen LogP contribution is -2.49. The van der Waals surface area contributed by atoms with Crippen LogP contribution in [0.3, 0.4) is 0 Å². The van der Waals surface area contributed by atoms with E-state index in [1.807, 2.05) is 0 Å². The van der Waals surface area contributed by atoms with Crippen LogP contribution in [0, 0.1) is 9.49 Å². The molecule has 2 fully saturated rings. The van der Waals surface area contributed by atoms with Crippen molar-refractivity contribution < 1.29 is 9.53 Å². The number of benzene rings is 1. The van der Waals surface area contributed by atoms with Gasteiger partial charge in [-0.05, 0) is 72.5 Å². The van der Waals surface area contributed by atoms with Crippen molar-refractivity contribution in [1.29, 1.82) is 0 Å². The van der Waals surface area contributed by atoms with E-state index < -0.39 is 0 Å². The minimum absolute atomic E-state index is 0.0305. The van der Waals surface area contributed by atoms with Crippen molar-refractivity contribution in [2.45, 2.75) is 50.6 Å². The predicted molar refractivity (Wildman–Crippen MR) is 96.0 cm³/mol. The number of fused-ring (bicyclic) bond motifs is 2. The molecule has 3 rings (SSSR count). The summed E-state index contributed by atoms with van der Waals surface area (Å²) >= 11 is 2.42. The maximum absolute atomic E-state index is 12.4.